The van der Waals surface area contributed by atoms with Gasteiger partial charge in [0.15, 0.2) is 0 Å². The summed E-state index contributed by atoms with van der Waals surface area (Å²) in [6, 6.07) is 26.2. The standard InChI is InChI=1S/C20H20O2PSe/c1-16-8-12-18(13-9-16)21-23(24,20-6-4-3-5-7-20)22-19-14-10-17(2)11-15-19/h3-15,24H,1-2H3/q+1. The summed E-state index contributed by atoms with van der Waals surface area (Å²) in [5.74, 6) is 1.62. The molecule has 24 heavy (non-hydrogen) atoms. The van der Waals surface area contributed by atoms with E-state index in [2.05, 4.69) is 41.6 Å². The van der Waals surface area contributed by atoms with E-state index >= 15 is 0 Å². The van der Waals surface area contributed by atoms with Gasteiger partial charge in [0.05, 0.1) is 0 Å². The van der Waals surface area contributed by atoms with Gasteiger partial charge < -0.3 is 0 Å². The maximum absolute atomic E-state index is 6.34. The first-order chi connectivity index (χ1) is 11.5. The van der Waals surface area contributed by atoms with Crippen LogP contribution in [0.5, 0.6) is 11.5 Å². The molecule has 3 aromatic carbocycles. The van der Waals surface area contributed by atoms with E-state index in [-0.39, 0.29) is 0 Å². The van der Waals surface area contributed by atoms with E-state index < -0.39 is 6.41 Å². The van der Waals surface area contributed by atoms with Gasteiger partial charge in [0.1, 0.15) is 0 Å². The molecule has 0 N–H and O–H groups in total. The summed E-state index contributed by atoms with van der Waals surface area (Å²) >= 11 is 2.63. The summed E-state index contributed by atoms with van der Waals surface area (Å²) in [5.41, 5.74) is 2.41. The van der Waals surface area contributed by atoms with Gasteiger partial charge >= 0.3 is 152 Å². The van der Waals surface area contributed by atoms with Gasteiger partial charge in [0.2, 0.25) is 0 Å². The molecule has 0 aromatic heterocycles. The van der Waals surface area contributed by atoms with Crippen molar-refractivity contribution in [1.29, 1.82) is 0 Å². The number of benzene rings is 3. The Morgan fingerprint density at radius 1 is 0.625 bits per heavy atom. The molecule has 0 atom stereocenters. The predicted octanol–water partition coefficient (Wildman–Crippen LogP) is 4.75. The van der Waals surface area contributed by atoms with E-state index in [1.165, 1.54) is 11.1 Å². The van der Waals surface area contributed by atoms with E-state index in [9.17, 15) is 0 Å². The molecule has 0 heterocycles. The number of rotatable bonds is 5. The first-order valence-corrected chi connectivity index (χ1v) is 11.8. The monoisotopic (exact) mass is 403 g/mol. The van der Waals surface area contributed by atoms with Crippen LogP contribution >= 0.6 is 6.41 Å². The SMILES string of the molecule is Cc1ccc(O[P+]([SeH])(Oc2ccc(C)cc2)c2ccccc2)cc1. The Morgan fingerprint density at radius 3 is 1.46 bits per heavy atom. The van der Waals surface area contributed by atoms with E-state index in [0.717, 1.165) is 16.8 Å². The number of aryl methyl sites for hydroxylation is 2. The third kappa shape index (κ3) is 4.19. The third-order valence-corrected chi connectivity index (χ3v) is 7.93. The van der Waals surface area contributed by atoms with Gasteiger partial charge in [-0.05, 0) is 0 Å². The van der Waals surface area contributed by atoms with E-state index in [0.29, 0.717) is 0 Å². The Labute approximate surface area is 151 Å². The first-order valence-electron chi connectivity index (χ1n) is 7.75. The van der Waals surface area contributed by atoms with Crippen LogP contribution in [0.2, 0.25) is 0 Å². The Hall–Kier alpha value is -1.79. The molecule has 122 valence electrons. The van der Waals surface area contributed by atoms with Gasteiger partial charge in [-0.1, -0.05) is 0 Å². The van der Waals surface area contributed by atoms with Crippen LogP contribution in [0.1, 0.15) is 11.1 Å². The summed E-state index contributed by atoms with van der Waals surface area (Å²) in [6.07, 6.45) is -2.36. The maximum atomic E-state index is 6.34. The first kappa shape index (κ1) is 17.0. The average molecular weight is 402 g/mol. The summed E-state index contributed by atoms with van der Waals surface area (Å²) in [7, 11) is 0. The Kier molecular flexibility index (Phi) is 5.26. The molecule has 4 heteroatoms. The quantitative estimate of drug-likeness (QED) is 0.453. The Bertz CT molecular complexity index is 739. The Balaban J connectivity index is 1.94. The molecule has 0 bridgehead atoms. The van der Waals surface area contributed by atoms with Crippen molar-refractivity contribution >= 4 is 27.3 Å². The van der Waals surface area contributed by atoms with Crippen molar-refractivity contribution in [1.82, 2.24) is 0 Å². The van der Waals surface area contributed by atoms with Gasteiger partial charge in [0, 0.05) is 0 Å². The molecule has 3 aromatic rings. The van der Waals surface area contributed by atoms with E-state index in [1.54, 1.807) is 0 Å². The fourth-order valence-corrected chi connectivity index (χ4v) is 5.86. The van der Waals surface area contributed by atoms with Crippen LogP contribution in [0.25, 0.3) is 0 Å². The zero-order chi connectivity index (χ0) is 17.0. The van der Waals surface area contributed by atoms with Crippen LogP contribution in [0.3, 0.4) is 0 Å². The van der Waals surface area contributed by atoms with Crippen LogP contribution in [0.4, 0.5) is 0 Å². The average Bonchev–Trinajstić information content (AvgIpc) is 2.60. The molecule has 2 nitrogen and oxygen atoms in total. The summed E-state index contributed by atoms with van der Waals surface area (Å²) in [6.45, 7) is 4.13. The Morgan fingerprint density at radius 2 is 1.04 bits per heavy atom. The molecule has 0 aliphatic rings. The number of hydrogen-bond acceptors (Lipinski definition) is 2. The van der Waals surface area contributed by atoms with Gasteiger partial charge in [-0.25, -0.2) is 0 Å². The molecule has 0 amide bonds. The molecular weight excluding hydrogens is 382 g/mol. The van der Waals surface area contributed by atoms with E-state index in [1.807, 2.05) is 66.7 Å². The molecule has 0 fully saturated rings. The van der Waals surface area contributed by atoms with Gasteiger partial charge in [-0.2, -0.15) is 0 Å². The third-order valence-electron chi connectivity index (χ3n) is 3.58. The van der Waals surface area contributed by atoms with Crippen LogP contribution in [-0.2, 0) is 0 Å². The van der Waals surface area contributed by atoms with Crippen molar-refractivity contribution in [3.05, 3.63) is 90.0 Å². The normalized spacial score (nSPS) is 11.1. The molecule has 0 aliphatic carbocycles. The summed E-state index contributed by atoms with van der Waals surface area (Å²) in [4.78, 5) is 0. The molecule has 0 radical (unpaired) electrons. The van der Waals surface area contributed by atoms with Crippen LogP contribution < -0.4 is 14.4 Å². The molecule has 0 spiro atoms. The molecule has 0 saturated heterocycles. The van der Waals surface area contributed by atoms with Crippen LogP contribution in [0.15, 0.2) is 78.9 Å². The molecule has 0 unspecified atom stereocenters. The van der Waals surface area contributed by atoms with Crippen LogP contribution in [0, 0.1) is 13.8 Å². The van der Waals surface area contributed by atoms with Crippen molar-refractivity contribution in [3.63, 3.8) is 0 Å². The fraction of sp³-hybridized carbons (Fsp3) is 0.100. The fourth-order valence-electron chi connectivity index (χ4n) is 2.22. The molecule has 0 saturated carbocycles. The number of hydrogen-bond donors (Lipinski definition) is 0. The summed E-state index contributed by atoms with van der Waals surface area (Å²) in [5, 5.41) is 1.05. The predicted molar refractivity (Wildman–Crippen MR) is 104 cm³/mol. The van der Waals surface area contributed by atoms with Crippen molar-refractivity contribution in [2.75, 3.05) is 0 Å². The topological polar surface area (TPSA) is 18.5 Å². The van der Waals surface area contributed by atoms with Gasteiger partial charge in [-0.15, -0.1) is 0 Å². The second-order valence-electron chi connectivity index (χ2n) is 5.66. The second-order valence-corrected chi connectivity index (χ2v) is 10.9. The minimum atomic E-state index is -2.36. The second kappa shape index (κ2) is 7.40. The zero-order valence-electron chi connectivity index (χ0n) is 13.7. The van der Waals surface area contributed by atoms with E-state index in [4.69, 9.17) is 9.05 Å². The van der Waals surface area contributed by atoms with Crippen molar-refractivity contribution in [3.8, 4) is 11.5 Å². The summed E-state index contributed by atoms with van der Waals surface area (Å²) < 4.78 is 12.7. The van der Waals surface area contributed by atoms with Crippen LogP contribution in [-0.4, -0.2) is 15.6 Å². The van der Waals surface area contributed by atoms with Gasteiger partial charge in [-0.3, -0.25) is 0 Å². The van der Waals surface area contributed by atoms with Gasteiger partial charge in [0.25, 0.3) is 0 Å². The molecule has 0 aliphatic heterocycles. The molecule has 3 rings (SSSR count). The zero-order valence-corrected chi connectivity index (χ0v) is 16.5. The van der Waals surface area contributed by atoms with Crippen molar-refractivity contribution < 1.29 is 9.05 Å². The molecular formula is C20H20O2PSe+. The minimum absolute atomic E-state index is 0.811. The van der Waals surface area contributed by atoms with Crippen molar-refractivity contribution in [2.24, 2.45) is 0 Å². The van der Waals surface area contributed by atoms with Crippen molar-refractivity contribution in [2.45, 2.75) is 13.8 Å².